The summed E-state index contributed by atoms with van der Waals surface area (Å²) in [6.07, 6.45) is 3.91. The number of nitrogens with zero attached hydrogens (tertiary/aromatic N) is 3. The Kier molecular flexibility index (Phi) is 4.44. The Labute approximate surface area is 145 Å². The van der Waals surface area contributed by atoms with Crippen LogP contribution in [0.1, 0.15) is 23.3 Å². The smallest absolute Gasteiger partial charge is 0.273 e. The molecule has 0 unspecified atom stereocenters. The molecule has 2 fully saturated rings. The second kappa shape index (κ2) is 6.86. The number of fused-ring (bicyclic) bond motifs is 1. The fourth-order valence-corrected chi connectivity index (χ4v) is 4.25. The van der Waals surface area contributed by atoms with Gasteiger partial charge in [-0.05, 0) is 49.9 Å². The Morgan fingerprint density at radius 1 is 1.25 bits per heavy atom. The van der Waals surface area contributed by atoms with E-state index in [1.165, 1.54) is 11.3 Å². The predicted molar refractivity (Wildman–Crippen MR) is 94.6 cm³/mol. The van der Waals surface area contributed by atoms with Gasteiger partial charge in [0.05, 0.1) is 0 Å². The number of likely N-dealkylation sites (tertiary alicyclic amines) is 1. The predicted octanol–water partition coefficient (Wildman–Crippen LogP) is 2.35. The summed E-state index contributed by atoms with van der Waals surface area (Å²) in [6, 6.07) is 5.66. The third-order valence-electron chi connectivity index (χ3n) is 4.93. The summed E-state index contributed by atoms with van der Waals surface area (Å²) in [4.78, 5) is 23.4. The van der Waals surface area contributed by atoms with Crippen molar-refractivity contribution in [2.45, 2.75) is 12.8 Å². The van der Waals surface area contributed by atoms with E-state index in [2.05, 4.69) is 20.6 Å². The molecule has 4 rings (SSSR count). The number of thiazole rings is 1. The van der Waals surface area contributed by atoms with Crippen LogP contribution in [-0.4, -0.2) is 47.0 Å². The quantitative estimate of drug-likeness (QED) is 0.895. The first-order valence-electron chi connectivity index (χ1n) is 8.43. The highest BCUT2D eigenvalue weighted by Gasteiger charge is 2.32. The lowest BCUT2D eigenvalue weighted by Crippen LogP contribution is -2.33. The molecule has 2 N–H and O–H groups in total. The van der Waals surface area contributed by atoms with Crippen LogP contribution in [0, 0.1) is 11.8 Å². The molecule has 2 aromatic heterocycles. The molecule has 2 atom stereocenters. The Hall–Kier alpha value is -1.99. The van der Waals surface area contributed by atoms with Crippen molar-refractivity contribution in [2.75, 3.05) is 31.5 Å². The maximum absolute atomic E-state index is 12.7. The minimum Gasteiger partial charge on any atom is -0.337 e. The highest BCUT2D eigenvalue weighted by molar-refractivity contribution is 7.14. The van der Waals surface area contributed by atoms with Gasteiger partial charge >= 0.3 is 0 Å². The number of hydrogen-bond acceptors (Lipinski definition) is 6. The molecule has 2 aliphatic heterocycles. The van der Waals surface area contributed by atoms with Crippen molar-refractivity contribution in [3.05, 3.63) is 35.5 Å². The van der Waals surface area contributed by atoms with E-state index in [0.717, 1.165) is 56.7 Å². The number of carbonyl (C=O) groups excluding carboxylic acids is 1. The Balaban J connectivity index is 1.41. The van der Waals surface area contributed by atoms with Gasteiger partial charge in [0.15, 0.2) is 5.13 Å². The molecule has 0 bridgehead atoms. The summed E-state index contributed by atoms with van der Waals surface area (Å²) >= 11 is 1.44. The van der Waals surface area contributed by atoms with E-state index in [1.54, 1.807) is 6.20 Å². The number of hydrogen-bond donors (Lipinski definition) is 2. The van der Waals surface area contributed by atoms with Crippen molar-refractivity contribution >= 4 is 28.2 Å². The Morgan fingerprint density at radius 3 is 2.75 bits per heavy atom. The van der Waals surface area contributed by atoms with E-state index < -0.39 is 0 Å². The second-order valence-corrected chi connectivity index (χ2v) is 7.28. The van der Waals surface area contributed by atoms with Crippen molar-refractivity contribution in [1.82, 2.24) is 20.2 Å². The molecule has 126 valence electrons. The normalized spacial score (nSPS) is 23.6. The van der Waals surface area contributed by atoms with Crippen LogP contribution >= 0.6 is 11.3 Å². The summed E-state index contributed by atoms with van der Waals surface area (Å²) in [5.41, 5.74) is 0.531. The van der Waals surface area contributed by atoms with Crippen molar-refractivity contribution in [2.24, 2.45) is 11.8 Å². The van der Waals surface area contributed by atoms with Crippen LogP contribution in [0.25, 0.3) is 0 Å². The van der Waals surface area contributed by atoms with Crippen LogP contribution in [0.4, 0.5) is 10.9 Å². The molecule has 0 aromatic carbocycles. The SMILES string of the molecule is O=C(c1csc(Nc2ccccn2)n1)N1CC[C@@H]2CNC[C@@H]2CC1. The van der Waals surface area contributed by atoms with Gasteiger partial charge in [-0.2, -0.15) is 0 Å². The van der Waals surface area contributed by atoms with Gasteiger partial charge in [-0.15, -0.1) is 11.3 Å². The molecule has 0 spiro atoms. The Morgan fingerprint density at radius 2 is 2.04 bits per heavy atom. The number of pyridine rings is 1. The first-order chi connectivity index (χ1) is 11.8. The van der Waals surface area contributed by atoms with Gasteiger partial charge in [0.25, 0.3) is 5.91 Å². The van der Waals surface area contributed by atoms with E-state index in [-0.39, 0.29) is 5.91 Å². The number of aromatic nitrogens is 2. The summed E-state index contributed by atoms with van der Waals surface area (Å²) in [7, 11) is 0. The lowest BCUT2D eigenvalue weighted by molar-refractivity contribution is 0.0753. The molecule has 0 aliphatic carbocycles. The van der Waals surface area contributed by atoms with Crippen molar-refractivity contribution in [1.29, 1.82) is 0 Å². The van der Waals surface area contributed by atoms with Crippen LogP contribution in [0.2, 0.25) is 0 Å². The van der Waals surface area contributed by atoms with E-state index in [4.69, 9.17) is 0 Å². The molecule has 0 radical (unpaired) electrons. The lowest BCUT2D eigenvalue weighted by atomic mass is 9.92. The van der Waals surface area contributed by atoms with Gasteiger partial charge in [0.2, 0.25) is 0 Å². The molecule has 2 aliphatic rings. The minimum atomic E-state index is 0.0493. The minimum absolute atomic E-state index is 0.0493. The fourth-order valence-electron chi connectivity index (χ4n) is 3.56. The highest BCUT2D eigenvalue weighted by atomic mass is 32.1. The summed E-state index contributed by atoms with van der Waals surface area (Å²) < 4.78 is 0. The molecule has 0 saturated carbocycles. The zero-order valence-electron chi connectivity index (χ0n) is 13.4. The van der Waals surface area contributed by atoms with Gasteiger partial charge in [-0.25, -0.2) is 9.97 Å². The average molecular weight is 343 g/mol. The zero-order chi connectivity index (χ0) is 16.4. The van der Waals surface area contributed by atoms with Gasteiger partial charge in [-0.3, -0.25) is 4.79 Å². The number of rotatable bonds is 3. The maximum atomic E-state index is 12.7. The summed E-state index contributed by atoms with van der Waals surface area (Å²) in [5.74, 6) is 2.23. The van der Waals surface area contributed by atoms with Crippen LogP contribution in [0.15, 0.2) is 29.8 Å². The monoisotopic (exact) mass is 343 g/mol. The maximum Gasteiger partial charge on any atom is 0.273 e. The molecule has 7 heteroatoms. The van der Waals surface area contributed by atoms with Crippen molar-refractivity contribution in [3.8, 4) is 0 Å². The third kappa shape index (κ3) is 3.27. The van der Waals surface area contributed by atoms with Crippen molar-refractivity contribution < 1.29 is 4.79 Å². The molecular weight excluding hydrogens is 322 g/mol. The molecule has 1 amide bonds. The lowest BCUT2D eigenvalue weighted by Gasteiger charge is -2.19. The molecule has 2 saturated heterocycles. The molecule has 6 nitrogen and oxygen atoms in total. The first-order valence-corrected chi connectivity index (χ1v) is 9.31. The van der Waals surface area contributed by atoms with E-state index in [9.17, 15) is 4.79 Å². The van der Waals surface area contributed by atoms with Gasteiger partial charge < -0.3 is 15.5 Å². The largest absolute Gasteiger partial charge is 0.337 e. The molecule has 24 heavy (non-hydrogen) atoms. The summed E-state index contributed by atoms with van der Waals surface area (Å²) in [5, 5.41) is 9.15. The number of nitrogens with one attached hydrogen (secondary N) is 2. The number of amides is 1. The second-order valence-electron chi connectivity index (χ2n) is 6.43. The van der Waals surface area contributed by atoms with Crippen molar-refractivity contribution in [3.63, 3.8) is 0 Å². The van der Waals surface area contributed by atoms with Crippen LogP contribution in [-0.2, 0) is 0 Å². The first kappa shape index (κ1) is 15.5. The summed E-state index contributed by atoms with van der Waals surface area (Å²) in [6.45, 7) is 3.87. The van der Waals surface area contributed by atoms with Crippen LogP contribution < -0.4 is 10.6 Å². The fraction of sp³-hybridized carbons (Fsp3) is 0.471. The van der Waals surface area contributed by atoms with E-state index >= 15 is 0 Å². The van der Waals surface area contributed by atoms with Gasteiger partial charge in [-0.1, -0.05) is 6.07 Å². The number of anilines is 2. The molecule has 4 heterocycles. The van der Waals surface area contributed by atoms with Gasteiger partial charge in [0, 0.05) is 24.7 Å². The number of carbonyl (C=O) groups is 1. The molecule has 2 aromatic rings. The highest BCUT2D eigenvalue weighted by Crippen LogP contribution is 2.28. The topological polar surface area (TPSA) is 70.2 Å². The van der Waals surface area contributed by atoms with E-state index in [1.807, 2.05) is 28.5 Å². The van der Waals surface area contributed by atoms with Gasteiger partial charge in [0.1, 0.15) is 11.5 Å². The van der Waals surface area contributed by atoms with Crippen LogP contribution in [0.3, 0.4) is 0 Å². The van der Waals surface area contributed by atoms with E-state index in [0.29, 0.717) is 10.8 Å². The third-order valence-corrected chi connectivity index (χ3v) is 5.69. The Bertz CT molecular complexity index is 690. The zero-order valence-corrected chi connectivity index (χ0v) is 14.3. The average Bonchev–Trinajstić information content (AvgIpc) is 3.21. The van der Waals surface area contributed by atoms with Crippen LogP contribution in [0.5, 0.6) is 0 Å². The molecular formula is C17H21N5OS. The standard InChI is InChI=1S/C17H21N5OS/c23-16(22-7-4-12-9-18-10-13(12)5-8-22)14-11-24-17(20-14)21-15-3-1-2-6-19-15/h1-3,6,11-13,18H,4-5,7-10H2,(H,19,20,21)/t12-,13+.